The van der Waals surface area contributed by atoms with Crippen LogP contribution >= 0.6 is 0 Å². The lowest BCUT2D eigenvalue weighted by Crippen LogP contribution is -2.20. The fourth-order valence-electron chi connectivity index (χ4n) is 1.13. The Morgan fingerprint density at radius 1 is 1.64 bits per heavy atom. The van der Waals surface area contributed by atoms with E-state index in [2.05, 4.69) is 12.2 Å². The van der Waals surface area contributed by atoms with Gasteiger partial charge in [0.15, 0.2) is 0 Å². The van der Waals surface area contributed by atoms with E-state index in [1.807, 2.05) is 18.2 Å². The summed E-state index contributed by atoms with van der Waals surface area (Å²) in [5, 5.41) is 3.26. The van der Waals surface area contributed by atoms with Crippen molar-refractivity contribution in [1.82, 2.24) is 5.32 Å². The van der Waals surface area contributed by atoms with Gasteiger partial charge in [-0.3, -0.25) is 0 Å². The maximum atomic E-state index is 5.20. The fraction of sp³-hybridized carbons (Fsp3) is 0.455. The highest BCUT2D eigenvalue weighted by Crippen LogP contribution is 2.05. The Balaban J connectivity index is 2.24. The molecule has 3 heteroatoms. The predicted octanol–water partition coefficient (Wildman–Crippen LogP) is 1.92. The molecule has 0 aliphatic heterocycles. The van der Waals surface area contributed by atoms with Gasteiger partial charge in [0.2, 0.25) is 0 Å². The average Bonchev–Trinajstić information content (AvgIpc) is 2.65. The Morgan fingerprint density at radius 2 is 2.50 bits per heavy atom. The number of hydrogen-bond acceptors (Lipinski definition) is 3. The Kier molecular flexibility index (Phi) is 5.04. The first-order valence-corrected chi connectivity index (χ1v) is 4.73. The molecule has 1 aromatic rings. The van der Waals surface area contributed by atoms with E-state index in [1.54, 1.807) is 13.4 Å². The molecule has 1 N–H and O–H groups in total. The van der Waals surface area contributed by atoms with Crippen LogP contribution in [0.15, 0.2) is 28.4 Å². The van der Waals surface area contributed by atoms with Gasteiger partial charge < -0.3 is 14.5 Å². The van der Waals surface area contributed by atoms with Crippen LogP contribution in [0.2, 0.25) is 0 Å². The molecule has 0 atom stereocenters. The average molecular weight is 195 g/mol. The number of furan rings is 1. The molecular weight excluding hydrogens is 178 g/mol. The Hall–Kier alpha value is -1.06. The molecule has 0 radical (unpaired) electrons. The molecule has 3 nitrogen and oxygen atoms in total. The molecule has 1 heterocycles. The van der Waals surface area contributed by atoms with E-state index in [0.717, 1.165) is 25.5 Å². The van der Waals surface area contributed by atoms with Gasteiger partial charge in [-0.15, -0.1) is 0 Å². The van der Waals surface area contributed by atoms with Gasteiger partial charge in [-0.25, -0.2) is 0 Å². The van der Waals surface area contributed by atoms with Crippen LogP contribution in [-0.2, 0) is 4.74 Å². The van der Waals surface area contributed by atoms with Crippen molar-refractivity contribution in [2.24, 2.45) is 0 Å². The van der Waals surface area contributed by atoms with Crippen molar-refractivity contribution in [1.29, 1.82) is 0 Å². The van der Waals surface area contributed by atoms with Crippen molar-refractivity contribution in [3.8, 4) is 0 Å². The highest BCUT2D eigenvalue weighted by atomic mass is 16.5. The monoisotopic (exact) mass is 195 g/mol. The van der Waals surface area contributed by atoms with Crippen LogP contribution in [0.3, 0.4) is 0 Å². The molecule has 78 valence electrons. The normalized spacial score (nSPS) is 12.0. The fourth-order valence-corrected chi connectivity index (χ4v) is 1.13. The van der Waals surface area contributed by atoms with Crippen LogP contribution in [0.1, 0.15) is 12.7 Å². The zero-order valence-corrected chi connectivity index (χ0v) is 8.75. The van der Waals surface area contributed by atoms with E-state index in [4.69, 9.17) is 9.15 Å². The maximum absolute atomic E-state index is 5.20. The van der Waals surface area contributed by atoms with E-state index in [9.17, 15) is 0 Å². The van der Waals surface area contributed by atoms with Gasteiger partial charge in [0.25, 0.3) is 0 Å². The molecule has 0 unspecified atom stereocenters. The summed E-state index contributed by atoms with van der Waals surface area (Å²) in [4.78, 5) is 0. The molecule has 1 rings (SSSR count). The minimum Gasteiger partial charge on any atom is -0.465 e. The van der Waals surface area contributed by atoms with Gasteiger partial charge in [-0.05, 0) is 25.1 Å². The second kappa shape index (κ2) is 6.40. The van der Waals surface area contributed by atoms with Crippen LogP contribution in [0.5, 0.6) is 0 Å². The molecule has 14 heavy (non-hydrogen) atoms. The Bertz CT molecular complexity index is 265. The van der Waals surface area contributed by atoms with E-state index in [-0.39, 0.29) is 0 Å². The van der Waals surface area contributed by atoms with Crippen molar-refractivity contribution < 1.29 is 9.15 Å². The topological polar surface area (TPSA) is 34.4 Å². The molecule has 0 aliphatic carbocycles. The zero-order valence-electron chi connectivity index (χ0n) is 8.75. The predicted molar refractivity (Wildman–Crippen MR) is 57.1 cm³/mol. The van der Waals surface area contributed by atoms with Gasteiger partial charge in [-0.2, -0.15) is 0 Å². The number of hydrogen-bond donors (Lipinski definition) is 1. The lowest BCUT2D eigenvalue weighted by molar-refractivity contribution is 0.200. The van der Waals surface area contributed by atoms with Crippen molar-refractivity contribution in [2.75, 3.05) is 26.8 Å². The summed E-state index contributed by atoms with van der Waals surface area (Å²) < 4.78 is 10.1. The maximum Gasteiger partial charge on any atom is 0.126 e. The smallest absolute Gasteiger partial charge is 0.126 e. The van der Waals surface area contributed by atoms with E-state index in [1.165, 1.54) is 5.57 Å². The summed E-state index contributed by atoms with van der Waals surface area (Å²) in [6.45, 7) is 4.56. The molecule has 0 spiro atoms. The Labute approximate surface area is 84.8 Å². The molecular formula is C11H17NO2. The van der Waals surface area contributed by atoms with Crippen LogP contribution in [0, 0.1) is 0 Å². The molecule has 0 saturated carbocycles. The molecule has 0 fully saturated rings. The lowest BCUT2D eigenvalue weighted by Gasteiger charge is -2.03. The summed E-state index contributed by atoms with van der Waals surface area (Å²) in [5.74, 6) is 0.899. The van der Waals surface area contributed by atoms with Crippen LogP contribution in [0.25, 0.3) is 6.08 Å². The van der Waals surface area contributed by atoms with Gasteiger partial charge >= 0.3 is 0 Å². The minimum atomic E-state index is 0.744. The number of nitrogens with one attached hydrogen (secondary N) is 1. The van der Waals surface area contributed by atoms with Crippen LogP contribution < -0.4 is 5.32 Å². The van der Waals surface area contributed by atoms with Gasteiger partial charge in [0.05, 0.1) is 12.9 Å². The second-order valence-electron chi connectivity index (χ2n) is 3.18. The van der Waals surface area contributed by atoms with Crippen LogP contribution in [-0.4, -0.2) is 26.8 Å². The molecule has 0 amide bonds. The molecule has 0 aromatic carbocycles. The lowest BCUT2D eigenvalue weighted by atomic mass is 10.2. The molecule has 1 aromatic heterocycles. The number of rotatable bonds is 6. The molecule has 0 aliphatic rings. The molecule has 0 bridgehead atoms. The second-order valence-corrected chi connectivity index (χ2v) is 3.18. The molecule has 0 saturated heterocycles. The summed E-state index contributed by atoms with van der Waals surface area (Å²) in [6.07, 6.45) is 3.71. The van der Waals surface area contributed by atoms with Gasteiger partial charge in [0, 0.05) is 20.2 Å². The van der Waals surface area contributed by atoms with Crippen molar-refractivity contribution in [3.05, 3.63) is 29.7 Å². The largest absolute Gasteiger partial charge is 0.465 e. The van der Waals surface area contributed by atoms with Crippen molar-refractivity contribution in [3.63, 3.8) is 0 Å². The van der Waals surface area contributed by atoms with E-state index < -0.39 is 0 Å². The Morgan fingerprint density at radius 3 is 3.14 bits per heavy atom. The van der Waals surface area contributed by atoms with Crippen LogP contribution in [0.4, 0.5) is 0 Å². The van der Waals surface area contributed by atoms with Crippen molar-refractivity contribution >= 4 is 6.08 Å². The minimum absolute atomic E-state index is 0.744. The standard InChI is InChI=1S/C11H17NO2/c1-10(9-12-5-7-13-2)8-11-4-3-6-14-11/h3-4,6,8,12H,5,7,9H2,1-2H3. The zero-order chi connectivity index (χ0) is 10.2. The number of methoxy groups -OCH3 is 1. The summed E-state index contributed by atoms with van der Waals surface area (Å²) in [7, 11) is 1.70. The van der Waals surface area contributed by atoms with Crippen molar-refractivity contribution in [2.45, 2.75) is 6.92 Å². The summed E-state index contributed by atoms with van der Waals surface area (Å²) in [5.41, 5.74) is 1.25. The third-order valence-corrected chi connectivity index (χ3v) is 1.82. The summed E-state index contributed by atoms with van der Waals surface area (Å²) in [6, 6.07) is 3.83. The quantitative estimate of drug-likeness (QED) is 0.704. The third kappa shape index (κ3) is 4.25. The first-order valence-electron chi connectivity index (χ1n) is 4.73. The SMILES string of the molecule is COCCNCC(C)=Cc1ccco1. The van der Waals surface area contributed by atoms with E-state index in [0.29, 0.717) is 0 Å². The highest BCUT2D eigenvalue weighted by molar-refractivity contribution is 5.46. The third-order valence-electron chi connectivity index (χ3n) is 1.82. The van der Waals surface area contributed by atoms with Gasteiger partial charge in [0.1, 0.15) is 5.76 Å². The van der Waals surface area contributed by atoms with E-state index >= 15 is 0 Å². The van der Waals surface area contributed by atoms with Gasteiger partial charge in [-0.1, -0.05) is 5.57 Å². The summed E-state index contributed by atoms with van der Waals surface area (Å²) >= 11 is 0. The first kappa shape index (κ1) is 11.0. The first-order chi connectivity index (χ1) is 6.83. The highest BCUT2D eigenvalue weighted by Gasteiger charge is 1.93. The number of ether oxygens (including phenoxy) is 1.